The maximum Gasteiger partial charge on any atom is 0.178 e. The molecule has 1 N–H and O–H groups in total. The quantitative estimate of drug-likeness (QED) is 0.922. The molecular formula is C13H17N3O2S. The lowest BCUT2D eigenvalue weighted by Gasteiger charge is -2.11. The summed E-state index contributed by atoms with van der Waals surface area (Å²) in [7, 11) is -1.32. The fourth-order valence-corrected chi connectivity index (χ4v) is 2.27. The van der Waals surface area contributed by atoms with E-state index in [1.165, 1.54) is 18.6 Å². The van der Waals surface area contributed by atoms with Crippen molar-refractivity contribution >= 4 is 9.84 Å². The first-order valence-electron chi connectivity index (χ1n) is 5.94. The highest BCUT2D eigenvalue weighted by atomic mass is 32.2. The van der Waals surface area contributed by atoms with Crippen LogP contribution in [0.3, 0.4) is 0 Å². The maximum atomic E-state index is 11.4. The highest BCUT2D eigenvalue weighted by molar-refractivity contribution is 7.90. The molecule has 0 aliphatic carbocycles. The lowest BCUT2D eigenvalue weighted by Crippen LogP contribution is -2.12. The molecule has 0 bridgehead atoms. The smallest absolute Gasteiger partial charge is 0.178 e. The molecule has 6 heteroatoms. The van der Waals surface area contributed by atoms with Gasteiger partial charge >= 0.3 is 0 Å². The molecule has 5 nitrogen and oxygen atoms in total. The molecule has 1 aromatic heterocycles. The van der Waals surface area contributed by atoms with Crippen molar-refractivity contribution in [2.24, 2.45) is 0 Å². The largest absolute Gasteiger partial charge is 0.313 e. The predicted octanol–water partition coefficient (Wildman–Crippen LogP) is 1.56. The van der Waals surface area contributed by atoms with Gasteiger partial charge in [0.2, 0.25) is 0 Å². The number of benzene rings is 1. The zero-order valence-electron chi connectivity index (χ0n) is 11.2. The molecule has 2 aromatic rings. The van der Waals surface area contributed by atoms with E-state index in [4.69, 9.17) is 0 Å². The van der Waals surface area contributed by atoms with E-state index in [0.717, 1.165) is 11.3 Å². The molecule has 0 saturated heterocycles. The van der Waals surface area contributed by atoms with E-state index in [-0.39, 0.29) is 10.9 Å². The van der Waals surface area contributed by atoms with Gasteiger partial charge in [-0.15, -0.1) is 0 Å². The van der Waals surface area contributed by atoms with Gasteiger partial charge in [-0.05, 0) is 31.7 Å². The lowest BCUT2D eigenvalue weighted by atomic mass is 10.1. The summed E-state index contributed by atoms with van der Waals surface area (Å²) in [6, 6.07) is 8.06. The van der Waals surface area contributed by atoms with Gasteiger partial charge in [0.1, 0.15) is 4.90 Å². The topological polar surface area (TPSA) is 64.0 Å². The molecular weight excluding hydrogens is 262 g/mol. The second kappa shape index (κ2) is 5.14. The summed E-state index contributed by atoms with van der Waals surface area (Å²) >= 11 is 0. The van der Waals surface area contributed by atoms with Crippen LogP contribution in [0.2, 0.25) is 0 Å². The summed E-state index contributed by atoms with van der Waals surface area (Å²) in [6.07, 6.45) is 4.07. The minimum atomic E-state index is -3.22. The third-order valence-electron chi connectivity index (χ3n) is 3.05. The molecule has 2 rings (SSSR count). The number of hydrogen-bond acceptors (Lipinski definition) is 4. The first kappa shape index (κ1) is 13.8. The molecule has 1 aromatic carbocycles. The van der Waals surface area contributed by atoms with Crippen molar-refractivity contribution in [3.8, 4) is 5.69 Å². The average molecular weight is 279 g/mol. The van der Waals surface area contributed by atoms with Crippen molar-refractivity contribution < 1.29 is 8.42 Å². The van der Waals surface area contributed by atoms with E-state index in [1.807, 2.05) is 31.3 Å². The van der Waals surface area contributed by atoms with Crippen LogP contribution in [0.15, 0.2) is 41.6 Å². The molecule has 0 spiro atoms. The first-order chi connectivity index (χ1) is 8.91. The number of aromatic nitrogens is 2. The number of rotatable bonds is 4. The van der Waals surface area contributed by atoms with Crippen LogP contribution in [0.25, 0.3) is 5.69 Å². The average Bonchev–Trinajstić information content (AvgIpc) is 2.87. The molecule has 0 fully saturated rings. The van der Waals surface area contributed by atoms with Crippen molar-refractivity contribution in [2.75, 3.05) is 13.3 Å². The fourth-order valence-electron chi connectivity index (χ4n) is 1.74. The van der Waals surface area contributed by atoms with E-state index in [1.54, 1.807) is 4.68 Å². The third-order valence-corrected chi connectivity index (χ3v) is 4.12. The number of nitrogens with zero attached hydrogens (tertiary/aromatic N) is 2. The van der Waals surface area contributed by atoms with Crippen LogP contribution in [0, 0.1) is 0 Å². The van der Waals surface area contributed by atoms with E-state index in [2.05, 4.69) is 17.3 Å². The Bertz CT molecular complexity index is 677. The Kier molecular flexibility index (Phi) is 3.73. The second-order valence-corrected chi connectivity index (χ2v) is 6.51. The van der Waals surface area contributed by atoms with Gasteiger partial charge in [-0.1, -0.05) is 12.1 Å². The summed E-state index contributed by atoms with van der Waals surface area (Å²) < 4.78 is 24.4. The Labute approximate surface area is 113 Å². The summed E-state index contributed by atoms with van der Waals surface area (Å²) in [5.74, 6) is 0. The zero-order chi connectivity index (χ0) is 14.0. The van der Waals surface area contributed by atoms with Gasteiger partial charge in [0.25, 0.3) is 0 Å². The lowest BCUT2D eigenvalue weighted by molar-refractivity contribution is 0.602. The van der Waals surface area contributed by atoms with Gasteiger partial charge in [0.15, 0.2) is 9.84 Å². The molecule has 19 heavy (non-hydrogen) atoms. The number of hydrogen-bond donors (Lipinski definition) is 1. The standard InChI is InChI=1S/C13H17N3O2S/c1-10(14-2)11-5-4-6-12(7-11)16-9-13(8-15-16)19(3,17)18/h4-10,14H,1-3H3. The van der Waals surface area contributed by atoms with E-state index >= 15 is 0 Å². The van der Waals surface area contributed by atoms with Crippen LogP contribution in [-0.2, 0) is 9.84 Å². The summed E-state index contributed by atoms with van der Waals surface area (Å²) in [4.78, 5) is 0.222. The van der Waals surface area contributed by atoms with Crippen molar-refractivity contribution in [3.05, 3.63) is 42.2 Å². The minimum Gasteiger partial charge on any atom is -0.313 e. The number of sulfone groups is 1. The Morgan fingerprint density at radius 3 is 2.68 bits per heavy atom. The van der Waals surface area contributed by atoms with Crippen LogP contribution in [-0.4, -0.2) is 31.5 Å². The molecule has 0 amide bonds. The minimum absolute atomic E-state index is 0.222. The van der Waals surface area contributed by atoms with Gasteiger partial charge in [-0.2, -0.15) is 5.10 Å². The molecule has 0 saturated carbocycles. The Balaban J connectivity index is 2.40. The van der Waals surface area contributed by atoms with E-state index in [0.29, 0.717) is 0 Å². The Morgan fingerprint density at radius 1 is 1.37 bits per heavy atom. The van der Waals surface area contributed by atoms with Crippen molar-refractivity contribution in [2.45, 2.75) is 17.9 Å². The highest BCUT2D eigenvalue weighted by Crippen LogP contribution is 2.17. The van der Waals surface area contributed by atoms with Crippen LogP contribution < -0.4 is 5.32 Å². The predicted molar refractivity (Wildman–Crippen MR) is 74.1 cm³/mol. The Hall–Kier alpha value is -1.66. The van der Waals surface area contributed by atoms with Gasteiger partial charge in [0, 0.05) is 18.5 Å². The SMILES string of the molecule is CNC(C)c1cccc(-n2cc(S(C)(=O)=O)cn2)c1. The molecule has 1 unspecified atom stereocenters. The van der Waals surface area contributed by atoms with Crippen LogP contribution >= 0.6 is 0 Å². The van der Waals surface area contributed by atoms with E-state index in [9.17, 15) is 8.42 Å². The molecule has 1 heterocycles. The fraction of sp³-hybridized carbons (Fsp3) is 0.308. The Morgan fingerprint density at radius 2 is 2.11 bits per heavy atom. The summed E-state index contributed by atoms with van der Waals surface area (Å²) in [6.45, 7) is 2.06. The number of nitrogens with one attached hydrogen (secondary N) is 1. The van der Waals surface area contributed by atoms with Gasteiger partial charge < -0.3 is 5.32 Å². The zero-order valence-corrected chi connectivity index (χ0v) is 12.0. The van der Waals surface area contributed by atoms with Crippen LogP contribution in [0.5, 0.6) is 0 Å². The first-order valence-corrected chi connectivity index (χ1v) is 7.83. The second-order valence-electron chi connectivity index (χ2n) is 4.50. The van der Waals surface area contributed by atoms with Gasteiger partial charge in [-0.25, -0.2) is 13.1 Å². The van der Waals surface area contributed by atoms with Gasteiger partial charge in [-0.3, -0.25) is 0 Å². The molecule has 102 valence electrons. The molecule has 0 aliphatic heterocycles. The van der Waals surface area contributed by atoms with E-state index < -0.39 is 9.84 Å². The van der Waals surface area contributed by atoms with Crippen LogP contribution in [0.1, 0.15) is 18.5 Å². The summed E-state index contributed by atoms with van der Waals surface area (Å²) in [5, 5.41) is 7.26. The maximum absolute atomic E-state index is 11.4. The molecule has 0 aliphatic rings. The van der Waals surface area contributed by atoms with Crippen LogP contribution in [0.4, 0.5) is 0 Å². The normalized spacial score (nSPS) is 13.4. The monoisotopic (exact) mass is 279 g/mol. The van der Waals surface area contributed by atoms with Crippen molar-refractivity contribution in [3.63, 3.8) is 0 Å². The van der Waals surface area contributed by atoms with Crippen molar-refractivity contribution in [1.82, 2.24) is 15.1 Å². The molecule has 1 atom stereocenters. The highest BCUT2D eigenvalue weighted by Gasteiger charge is 2.11. The molecule has 0 radical (unpaired) electrons. The third kappa shape index (κ3) is 3.02. The van der Waals surface area contributed by atoms with Crippen molar-refractivity contribution in [1.29, 1.82) is 0 Å². The van der Waals surface area contributed by atoms with Gasteiger partial charge in [0.05, 0.1) is 11.9 Å². The summed E-state index contributed by atoms with van der Waals surface area (Å²) in [5.41, 5.74) is 1.96.